The van der Waals surface area contributed by atoms with E-state index in [1.165, 1.54) is 38.5 Å². The van der Waals surface area contributed by atoms with Gasteiger partial charge < -0.3 is 9.47 Å². The first-order valence-electron chi connectivity index (χ1n) is 7.04. The molecule has 0 amide bonds. The van der Waals surface area contributed by atoms with E-state index in [9.17, 15) is 0 Å². The van der Waals surface area contributed by atoms with Crippen LogP contribution in [-0.4, -0.2) is 31.8 Å². The smallest absolute Gasteiger partial charge is 0.0700 e. The van der Waals surface area contributed by atoms with E-state index in [0.717, 1.165) is 38.2 Å². The molecule has 0 atom stereocenters. The molecule has 0 heterocycles. The Morgan fingerprint density at radius 1 is 0.941 bits per heavy atom. The zero-order chi connectivity index (χ0) is 12.4. The average Bonchev–Trinajstić information content (AvgIpc) is 2.60. The lowest BCUT2D eigenvalue weighted by Gasteiger charge is -2.30. The van der Waals surface area contributed by atoms with E-state index in [1.807, 2.05) is 0 Å². The summed E-state index contributed by atoms with van der Waals surface area (Å²) in [5.74, 6) is 0. The molecule has 1 aliphatic rings. The van der Waals surface area contributed by atoms with Crippen molar-refractivity contribution in [1.82, 2.24) is 0 Å². The van der Waals surface area contributed by atoms with Gasteiger partial charge in [0.1, 0.15) is 0 Å². The molecule has 0 saturated heterocycles. The number of alkyl halides is 1. The van der Waals surface area contributed by atoms with E-state index >= 15 is 0 Å². The first kappa shape index (κ1) is 15.5. The monoisotopic (exact) mass is 306 g/mol. The SMILES string of the molecule is CCCOCCOCC1(CBr)CCCCCC1. The van der Waals surface area contributed by atoms with Crippen molar-refractivity contribution in [3.8, 4) is 0 Å². The Morgan fingerprint density at radius 2 is 1.59 bits per heavy atom. The summed E-state index contributed by atoms with van der Waals surface area (Å²) in [5, 5.41) is 1.08. The van der Waals surface area contributed by atoms with Crippen molar-refractivity contribution >= 4 is 15.9 Å². The van der Waals surface area contributed by atoms with E-state index in [1.54, 1.807) is 0 Å². The van der Waals surface area contributed by atoms with Crippen molar-refractivity contribution in [3.63, 3.8) is 0 Å². The first-order chi connectivity index (χ1) is 8.33. The topological polar surface area (TPSA) is 18.5 Å². The third kappa shape index (κ3) is 6.21. The molecule has 0 N–H and O–H groups in total. The van der Waals surface area contributed by atoms with Gasteiger partial charge in [0.2, 0.25) is 0 Å². The molecule has 0 aromatic heterocycles. The van der Waals surface area contributed by atoms with E-state index in [-0.39, 0.29) is 0 Å². The average molecular weight is 307 g/mol. The summed E-state index contributed by atoms with van der Waals surface area (Å²) < 4.78 is 11.2. The molecule has 0 spiro atoms. The molecule has 0 bridgehead atoms. The Balaban J connectivity index is 2.16. The van der Waals surface area contributed by atoms with Crippen LogP contribution in [0.3, 0.4) is 0 Å². The maximum Gasteiger partial charge on any atom is 0.0700 e. The predicted molar refractivity (Wildman–Crippen MR) is 75.9 cm³/mol. The molecule has 17 heavy (non-hydrogen) atoms. The van der Waals surface area contributed by atoms with Crippen molar-refractivity contribution in [2.45, 2.75) is 51.9 Å². The van der Waals surface area contributed by atoms with Crippen LogP contribution in [0.25, 0.3) is 0 Å². The molecule has 0 aromatic rings. The van der Waals surface area contributed by atoms with Crippen molar-refractivity contribution in [1.29, 1.82) is 0 Å². The predicted octanol–water partition coefficient (Wildman–Crippen LogP) is 4.17. The fourth-order valence-electron chi connectivity index (χ4n) is 2.45. The van der Waals surface area contributed by atoms with Crippen LogP contribution in [0.15, 0.2) is 0 Å². The molecule has 1 rings (SSSR count). The largest absolute Gasteiger partial charge is 0.379 e. The number of rotatable bonds is 8. The third-order valence-electron chi connectivity index (χ3n) is 3.58. The molecule has 0 aromatic carbocycles. The Hall–Kier alpha value is 0.400. The van der Waals surface area contributed by atoms with Crippen molar-refractivity contribution < 1.29 is 9.47 Å². The maximum absolute atomic E-state index is 5.81. The molecule has 102 valence electrons. The number of hydrogen-bond acceptors (Lipinski definition) is 2. The van der Waals surface area contributed by atoms with Crippen LogP contribution < -0.4 is 0 Å². The second-order valence-corrected chi connectivity index (χ2v) is 5.77. The van der Waals surface area contributed by atoms with Crippen LogP contribution in [0.2, 0.25) is 0 Å². The molecule has 0 aliphatic heterocycles. The summed E-state index contributed by atoms with van der Waals surface area (Å²) in [6, 6.07) is 0. The van der Waals surface area contributed by atoms with Gasteiger partial charge in [-0.1, -0.05) is 48.5 Å². The summed E-state index contributed by atoms with van der Waals surface area (Å²) in [6.45, 7) is 5.37. The minimum absolute atomic E-state index is 0.390. The highest BCUT2D eigenvalue weighted by atomic mass is 79.9. The fourth-order valence-corrected chi connectivity index (χ4v) is 3.17. The summed E-state index contributed by atoms with van der Waals surface area (Å²) in [6.07, 6.45) is 9.23. The zero-order valence-corrected chi connectivity index (χ0v) is 12.8. The Morgan fingerprint density at radius 3 is 2.18 bits per heavy atom. The van der Waals surface area contributed by atoms with Gasteiger partial charge in [-0.05, 0) is 19.3 Å². The zero-order valence-electron chi connectivity index (χ0n) is 11.2. The van der Waals surface area contributed by atoms with Crippen LogP contribution in [-0.2, 0) is 9.47 Å². The lowest BCUT2D eigenvalue weighted by atomic mass is 9.83. The molecule has 1 fully saturated rings. The minimum atomic E-state index is 0.390. The fraction of sp³-hybridized carbons (Fsp3) is 1.00. The molecule has 0 radical (unpaired) electrons. The van der Waals surface area contributed by atoms with Crippen molar-refractivity contribution in [2.75, 3.05) is 31.8 Å². The van der Waals surface area contributed by atoms with Gasteiger partial charge in [-0.15, -0.1) is 0 Å². The third-order valence-corrected chi connectivity index (χ3v) is 4.77. The van der Waals surface area contributed by atoms with Crippen LogP contribution in [0.5, 0.6) is 0 Å². The Kier molecular flexibility index (Phi) is 8.50. The highest BCUT2D eigenvalue weighted by molar-refractivity contribution is 9.09. The van der Waals surface area contributed by atoms with Crippen molar-refractivity contribution in [2.24, 2.45) is 5.41 Å². The minimum Gasteiger partial charge on any atom is -0.379 e. The highest BCUT2D eigenvalue weighted by Crippen LogP contribution is 2.36. The van der Waals surface area contributed by atoms with Gasteiger partial charge in [-0.25, -0.2) is 0 Å². The van der Waals surface area contributed by atoms with E-state index in [2.05, 4.69) is 22.9 Å². The van der Waals surface area contributed by atoms with Gasteiger partial charge in [0.05, 0.1) is 19.8 Å². The standard InChI is InChI=1S/C14H27BrO2/c1-2-9-16-10-11-17-13-14(12-15)7-5-3-4-6-8-14/h2-13H2,1H3. The van der Waals surface area contributed by atoms with Gasteiger partial charge in [0, 0.05) is 17.4 Å². The number of halogens is 1. The number of ether oxygens (including phenoxy) is 2. The quantitative estimate of drug-likeness (QED) is 0.381. The molecular formula is C14H27BrO2. The van der Waals surface area contributed by atoms with E-state index in [4.69, 9.17) is 9.47 Å². The maximum atomic E-state index is 5.81. The van der Waals surface area contributed by atoms with Gasteiger partial charge in [-0.3, -0.25) is 0 Å². The van der Waals surface area contributed by atoms with Gasteiger partial charge in [-0.2, -0.15) is 0 Å². The van der Waals surface area contributed by atoms with Gasteiger partial charge >= 0.3 is 0 Å². The first-order valence-corrected chi connectivity index (χ1v) is 8.16. The van der Waals surface area contributed by atoms with Gasteiger partial charge in [0.15, 0.2) is 0 Å². The van der Waals surface area contributed by atoms with Gasteiger partial charge in [0.25, 0.3) is 0 Å². The summed E-state index contributed by atoms with van der Waals surface area (Å²) in [4.78, 5) is 0. The Bertz CT molecular complexity index is 177. The van der Waals surface area contributed by atoms with E-state index < -0.39 is 0 Å². The molecule has 0 unspecified atom stereocenters. The molecule has 3 heteroatoms. The molecule has 1 saturated carbocycles. The second kappa shape index (κ2) is 9.35. The van der Waals surface area contributed by atoms with Crippen LogP contribution >= 0.6 is 15.9 Å². The second-order valence-electron chi connectivity index (χ2n) is 5.21. The summed E-state index contributed by atoms with van der Waals surface area (Å²) in [5.41, 5.74) is 0.390. The molecule has 1 aliphatic carbocycles. The van der Waals surface area contributed by atoms with Crippen LogP contribution in [0.4, 0.5) is 0 Å². The normalized spacial score (nSPS) is 20.1. The molecule has 2 nitrogen and oxygen atoms in total. The highest BCUT2D eigenvalue weighted by Gasteiger charge is 2.29. The lowest BCUT2D eigenvalue weighted by Crippen LogP contribution is -2.29. The Labute approximate surface area is 115 Å². The van der Waals surface area contributed by atoms with Crippen LogP contribution in [0.1, 0.15) is 51.9 Å². The number of hydrogen-bond donors (Lipinski definition) is 0. The van der Waals surface area contributed by atoms with E-state index in [0.29, 0.717) is 5.41 Å². The van der Waals surface area contributed by atoms with Crippen LogP contribution in [0, 0.1) is 5.41 Å². The summed E-state index contributed by atoms with van der Waals surface area (Å²) in [7, 11) is 0. The summed E-state index contributed by atoms with van der Waals surface area (Å²) >= 11 is 3.69. The molecular weight excluding hydrogens is 280 g/mol. The lowest BCUT2D eigenvalue weighted by molar-refractivity contribution is 0.00711. The van der Waals surface area contributed by atoms with Crippen molar-refractivity contribution in [3.05, 3.63) is 0 Å².